The van der Waals surface area contributed by atoms with E-state index in [1.807, 2.05) is 13.8 Å². The standard InChI is InChI=1S/C12H20N2O2/c1-12(2,9-13)5-7-14-6-3-4-10(8-14)11(15)16/h10H,3-8H2,1-2H3,(H,15,16). The Morgan fingerprint density at radius 3 is 2.88 bits per heavy atom. The van der Waals surface area contributed by atoms with Gasteiger partial charge in [0.2, 0.25) is 0 Å². The van der Waals surface area contributed by atoms with Crippen LogP contribution in [0.1, 0.15) is 33.1 Å². The van der Waals surface area contributed by atoms with Gasteiger partial charge in [-0.2, -0.15) is 5.26 Å². The Labute approximate surface area is 96.9 Å². The average Bonchev–Trinajstić information content (AvgIpc) is 2.27. The number of piperidine rings is 1. The minimum atomic E-state index is -0.691. The van der Waals surface area contributed by atoms with Gasteiger partial charge in [-0.3, -0.25) is 4.79 Å². The summed E-state index contributed by atoms with van der Waals surface area (Å²) < 4.78 is 0. The lowest BCUT2D eigenvalue weighted by molar-refractivity contribution is -0.143. The van der Waals surface area contributed by atoms with Crippen molar-refractivity contribution in [2.75, 3.05) is 19.6 Å². The number of carboxylic acids is 1. The van der Waals surface area contributed by atoms with Crippen molar-refractivity contribution in [1.82, 2.24) is 4.90 Å². The zero-order valence-electron chi connectivity index (χ0n) is 10.1. The summed E-state index contributed by atoms with van der Waals surface area (Å²) in [6.07, 6.45) is 2.53. The van der Waals surface area contributed by atoms with Crippen LogP contribution in [0.4, 0.5) is 0 Å². The van der Waals surface area contributed by atoms with Gasteiger partial charge >= 0.3 is 5.97 Å². The smallest absolute Gasteiger partial charge is 0.307 e. The van der Waals surface area contributed by atoms with Crippen LogP contribution in [0.25, 0.3) is 0 Å². The Kier molecular flexibility index (Phi) is 4.31. The van der Waals surface area contributed by atoms with E-state index >= 15 is 0 Å². The molecule has 1 unspecified atom stereocenters. The van der Waals surface area contributed by atoms with E-state index in [1.165, 1.54) is 0 Å². The van der Waals surface area contributed by atoms with E-state index in [9.17, 15) is 4.79 Å². The predicted octanol–water partition coefficient (Wildman–Crippen LogP) is 1.72. The number of hydrogen-bond donors (Lipinski definition) is 1. The fourth-order valence-corrected chi connectivity index (χ4v) is 1.95. The number of rotatable bonds is 4. The normalized spacial score (nSPS) is 22.7. The Morgan fingerprint density at radius 1 is 1.62 bits per heavy atom. The maximum atomic E-state index is 10.9. The van der Waals surface area contributed by atoms with Gasteiger partial charge in [0.05, 0.1) is 17.4 Å². The number of carbonyl (C=O) groups is 1. The SMILES string of the molecule is CC(C)(C#N)CCN1CCCC(C(=O)O)C1. The number of nitrogens with zero attached hydrogens (tertiary/aromatic N) is 2. The number of hydrogen-bond acceptors (Lipinski definition) is 3. The molecule has 1 rings (SSSR count). The van der Waals surface area contributed by atoms with Crippen LogP contribution < -0.4 is 0 Å². The van der Waals surface area contributed by atoms with E-state index in [2.05, 4.69) is 11.0 Å². The van der Waals surface area contributed by atoms with E-state index < -0.39 is 5.97 Å². The topological polar surface area (TPSA) is 64.3 Å². The average molecular weight is 224 g/mol. The first-order valence-corrected chi connectivity index (χ1v) is 5.81. The maximum Gasteiger partial charge on any atom is 0.307 e. The fourth-order valence-electron chi connectivity index (χ4n) is 1.95. The van der Waals surface area contributed by atoms with Gasteiger partial charge in [-0.1, -0.05) is 0 Å². The summed E-state index contributed by atoms with van der Waals surface area (Å²) in [7, 11) is 0. The lowest BCUT2D eigenvalue weighted by Gasteiger charge is -2.32. The molecule has 1 saturated heterocycles. The van der Waals surface area contributed by atoms with Crippen LogP contribution in [0.2, 0.25) is 0 Å². The maximum absolute atomic E-state index is 10.9. The summed E-state index contributed by atoms with van der Waals surface area (Å²) in [5, 5.41) is 17.9. The minimum Gasteiger partial charge on any atom is -0.481 e. The molecule has 0 aliphatic carbocycles. The molecule has 0 spiro atoms. The number of nitriles is 1. The van der Waals surface area contributed by atoms with Crippen LogP contribution in [-0.4, -0.2) is 35.6 Å². The molecule has 1 fully saturated rings. The van der Waals surface area contributed by atoms with Crippen LogP contribution in [0.3, 0.4) is 0 Å². The predicted molar refractivity (Wildman–Crippen MR) is 60.8 cm³/mol. The Hall–Kier alpha value is -1.08. The van der Waals surface area contributed by atoms with Gasteiger partial charge in [0.1, 0.15) is 0 Å². The van der Waals surface area contributed by atoms with Gasteiger partial charge in [0.25, 0.3) is 0 Å². The molecule has 0 radical (unpaired) electrons. The number of aliphatic carboxylic acids is 1. The van der Waals surface area contributed by atoms with Crippen LogP contribution in [0, 0.1) is 22.7 Å². The molecule has 16 heavy (non-hydrogen) atoms. The molecule has 0 saturated carbocycles. The van der Waals surface area contributed by atoms with Crippen LogP contribution in [0.15, 0.2) is 0 Å². The minimum absolute atomic E-state index is 0.223. The molecule has 1 aliphatic heterocycles. The molecular formula is C12H20N2O2. The van der Waals surface area contributed by atoms with Crippen molar-refractivity contribution < 1.29 is 9.90 Å². The van der Waals surface area contributed by atoms with Gasteiger partial charge < -0.3 is 10.0 Å². The zero-order chi connectivity index (χ0) is 12.2. The van der Waals surface area contributed by atoms with Gasteiger partial charge in [-0.15, -0.1) is 0 Å². The van der Waals surface area contributed by atoms with E-state index in [-0.39, 0.29) is 11.3 Å². The highest BCUT2D eigenvalue weighted by Gasteiger charge is 2.26. The monoisotopic (exact) mass is 224 g/mol. The highest BCUT2D eigenvalue weighted by Crippen LogP contribution is 2.22. The lowest BCUT2D eigenvalue weighted by atomic mass is 9.90. The molecule has 4 heteroatoms. The Balaban J connectivity index is 2.38. The van der Waals surface area contributed by atoms with Gasteiger partial charge in [0.15, 0.2) is 0 Å². The molecule has 4 nitrogen and oxygen atoms in total. The van der Waals surface area contributed by atoms with Gasteiger partial charge in [-0.25, -0.2) is 0 Å². The van der Waals surface area contributed by atoms with E-state index in [0.29, 0.717) is 6.54 Å². The van der Waals surface area contributed by atoms with Crippen LogP contribution >= 0.6 is 0 Å². The molecule has 90 valence electrons. The summed E-state index contributed by atoms with van der Waals surface area (Å²) in [5.41, 5.74) is -0.309. The summed E-state index contributed by atoms with van der Waals surface area (Å²) in [6.45, 7) is 6.27. The summed E-state index contributed by atoms with van der Waals surface area (Å²) in [5.74, 6) is -0.914. The van der Waals surface area contributed by atoms with Crippen molar-refractivity contribution in [3.05, 3.63) is 0 Å². The largest absolute Gasteiger partial charge is 0.481 e. The molecule has 0 amide bonds. The summed E-state index contributed by atoms with van der Waals surface area (Å²) in [4.78, 5) is 13.0. The second kappa shape index (κ2) is 5.31. The first-order chi connectivity index (χ1) is 7.44. The van der Waals surface area contributed by atoms with Crippen molar-refractivity contribution in [3.63, 3.8) is 0 Å². The number of likely N-dealkylation sites (tertiary alicyclic amines) is 1. The molecule has 1 aliphatic rings. The highest BCUT2D eigenvalue weighted by atomic mass is 16.4. The van der Waals surface area contributed by atoms with Crippen molar-refractivity contribution in [2.24, 2.45) is 11.3 Å². The van der Waals surface area contributed by atoms with E-state index in [4.69, 9.17) is 10.4 Å². The first kappa shape index (κ1) is 13.0. The second-order valence-electron chi connectivity index (χ2n) is 5.22. The summed E-state index contributed by atoms with van der Waals surface area (Å²) >= 11 is 0. The highest BCUT2D eigenvalue weighted by molar-refractivity contribution is 5.70. The molecule has 0 aromatic carbocycles. The second-order valence-corrected chi connectivity index (χ2v) is 5.22. The van der Waals surface area contributed by atoms with Crippen LogP contribution in [-0.2, 0) is 4.79 Å². The third kappa shape index (κ3) is 3.82. The van der Waals surface area contributed by atoms with Crippen molar-refractivity contribution in [3.8, 4) is 6.07 Å². The Morgan fingerprint density at radius 2 is 2.31 bits per heavy atom. The molecular weight excluding hydrogens is 204 g/mol. The van der Waals surface area contributed by atoms with E-state index in [0.717, 1.165) is 32.4 Å². The first-order valence-electron chi connectivity index (χ1n) is 5.81. The van der Waals surface area contributed by atoms with Gasteiger partial charge in [0, 0.05) is 6.54 Å². The summed E-state index contributed by atoms with van der Waals surface area (Å²) in [6, 6.07) is 2.27. The molecule has 1 atom stereocenters. The van der Waals surface area contributed by atoms with E-state index in [1.54, 1.807) is 0 Å². The third-order valence-electron chi connectivity index (χ3n) is 3.21. The molecule has 0 aromatic rings. The molecule has 0 bridgehead atoms. The molecule has 1 heterocycles. The number of carboxylic acid groups (broad SMARTS) is 1. The quantitative estimate of drug-likeness (QED) is 0.789. The van der Waals surface area contributed by atoms with Crippen molar-refractivity contribution in [1.29, 1.82) is 5.26 Å². The van der Waals surface area contributed by atoms with Gasteiger partial charge in [-0.05, 0) is 46.2 Å². The molecule has 1 N–H and O–H groups in total. The lowest BCUT2D eigenvalue weighted by Crippen LogP contribution is -2.40. The third-order valence-corrected chi connectivity index (χ3v) is 3.21. The molecule has 0 aromatic heterocycles. The van der Waals surface area contributed by atoms with Crippen molar-refractivity contribution >= 4 is 5.97 Å². The van der Waals surface area contributed by atoms with Crippen LogP contribution in [0.5, 0.6) is 0 Å². The van der Waals surface area contributed by atoms with Crippen molar-refractivity contribution in [2.45, 2.75) is 33.1 Å². The Bertz CT molecular complexity index is 294. The fraction of sp³-hybridized carbons (Fsp3) is 0.833. The zero-order valence-corrected chi connectivity index (χ0v) is 10.1.